The minimum absolute atomic E-state index is 0.00515. The largest absolute Gasteiger partial charge is 0.480 e. The molecule has 2 unspecified atom stereocenters. The summed E-state index contributed by atoms with van der Waals surface area (Å²) in [6.07, 6.45) is 2.60. The van der Waals surface area contributed by atoms with Crippen LogP contribution in [0.5, 0.6) is 0 Å². The van der Waals surface area contributed by atoms with E-state index >= 15 is 0 Å². The predicted octanol–water partition coefficient (Wildman–Crippen LogP) is 5.56. The molecule has 0 aromatic heterocycles. The van der Waals surface area contributed by atoms with Gasteiger partial charge in [0.2, 0.25) is 0 Å². The fraction of sp³-hybridized carbons (Fsp3) is 0.375. The molecule has 1 aliphatic heterocycles. The van der Waals surface area contributed by atoms with Crippen molar-refractivity contribution in [3.05, 3.63) is 87.4 Å². The number of aliphatic hydroxyl groups is 1. The van der Waals surface area contributed by atoms with E-state index in [1.165, 1.54) is 12.1 Å². The summed E-state index contributed by atoms with van der Waals surface area (Å²) in [4.78, 5) is 23.7. The monoisotopic (exact) mass is 425 g/mol. The standard InChI is InChI=1S/C24H27NO6/c1-3-14-24(15-13-17-9-6-5-7-10-17)30-22(26)21(23(27)31-24)20(4-2)18-11-8-12-19(16-18)25(28)29/h5-12,16,20,26H,3-4,13-15H2,1-2H3. The van der Waals surface area contributed by atoms with E-state index < -0.39 is 28.5 Å². The number of cyclic esters (lactones) is 1. The van der Waals surface area contributed by atoms with Gasteiger partial charge in [-0.3, -0.25) is 10.1 Å². The molecule has 7 nitrogen and oxygen atoms in total. The summed E-state index contributed by atoms with van der Waals surface area (Å²) < 4.78 is 11.6. The molecule has 1 N–H and O–H groups in total. The summed E-state index contributed by atoms with van der Waals surface area (Å²) in [5, 5.41) is 21.9. The number of benzene rings is 2. The molecule has 0 aliphatic carbocycles. The zero-order valence-electron chi connectivity index (χ0n) is 17.7. The maximum atomic E-state index is 13.0. The maximum absolute atomic E-state index is 13.0. The molecule has 0 bridgehead atoms. The Morgan fingerprint density at radius 1 is 1.06 bits per heavy atom. The molecule has 3 rings (SSSR count). The first kappa shape index (κ1) is 22.3. The van der Waals surface area contributed by atoms with Crippen molar-refractivity contribution in [3.8, 4) is 0 Å². The highest BCUT2D eigenvalue weighted by Gasteiger charge is 2.45. The fourth-order valence-corrected chi connectivity index (χ4v) is 4.01. The van der Waals surface area contributed by atoms with Crippen LogP contribution < -0.4 is 0 Å². The van der Waals surface area contributed by atoms with Crippen LogP contribution in [-0.4, -0.2) is 21.8 Å². The van der Waals surface area contributed by atoms with Crippen LogP contribution in [0.1, 0.15) is 56.6 Å². The highest BCUT2D eigenvalue weighted by molar-refractivity contribution is 5.91. The summed E-state index contributed by atoms with van der Waals surface area (Å²) in [6.45, 7) is 3.79. The minimum atomic E-state index is -1.24. The molecular formula is C24H27NO6. The van der Waals surface area contributed by atoms with Crippen LogP contribution in [0, 0.1) is 10.1 Å². The van der Waals surface area contributed by atoms with Crippen molar-refractivity contribution in [2.45, 2.75) is 57.7 Å². The second kappa shape index (κ2) is 9.64. The Hall–Kier alpha value is -3.35. The molecule has 2 aromatic carbocycles. The third-order valence-corrected chi connectivity index (χ3v) is 5.52. The van der Waals surface area contributed by atoms with E-state index in [0.29, 0.717) is 37.7 Å². The topological polar surface area (TPSA) is 98.9 Å². The van der Waals surface area contributed by atoms with Gasteiger partial charge in [-0.2, -0.15) is 0 Å². The van der Waals surface area contributed by atoms with Crippen molar-refractivity contribution in [2.24, 2.45) is 0 Å². The SMILES string of the molecule is CCCC1(CCc2ccccc2)OC(=O)C(C(CC)c2cccc([N+](=O)[O-])c2)=C(O)O1. The molecule has 164 valence electrons. The lowest BCUT2D eigenvalue weighted by molar-refractivity contribution is -0.384. The molecule has 2 aromatic rings. The van der Waals surface area contributed by atoms with E-state index in [0.717, 1.165) is 5.56 Å². The Morgan fingerprint density at radius 3 is 2.42 bits per heavy atom. The summed E-state index contributed by atoms with van der Waals surface area (Å²) in [5.41, 5.74) is 1.54. The van der Waals surface area contributed by atoms with E-state index in [-0.39, 0.29) is 11.3 Å². The highest BCUT2D eigenvalue weighted by Crippen LogP contribution is 2.40. The molecular weight excluding hydrogens is 398 g/mol. The van der Waals surface area contributed by atoms with Crippen LogP contribution in [0.15, 0.2) is 66.1 Å². The van der Waals surface area contributed by atoms with E-state index in [9.17, 15) is 20.0 Å². The molecule has 2 atom stereocenters. The first-order valence-corrected chi connectivity index (χ1v) is 10.5. The van der Waals surface area contributed by atoms with Crippen molar-refractivity contribution >= 4 is 11.7 Å². The van der Waals surface area contributed by atoms with Crippen LogP contribution >= 0.6 is 0 Å². The number of nitro groups is 1. The van der Waals surface area contributed by atoms with Gasteiger partial charge in [0.1, 0.15) is 5.57 Å². The number of carbonyl (C=O) groups excluding carboxylic acids is 1. The molecule has 0 amide bonds. The average molecular weight is 425 g/mol. The van der Waals surface area contributed by atoms with Crippen molar-refractivity contribution in [3.63, 3.8) is 0 Å². The molecule has 1 heterocycles. The number of non-ortho nitro benzene ring substituents is 1. The van der Waals surface area contributed by atoms with Gasteiger partial charge in [0, 0.05) is 30.9 Å². The quantitative estimate of drug-likeness (QED) is 0.321. The predicted molar refractivity (Wildman–Crippen MR) is 115 cm³/mol. The number of aryl methyl sites for hydroxylation is 1. The maximum Gasteiger partial charge on any atom is 0.345 e. The van der Waals surface area contributed by atoms with Gasteiger partial charge in [0.05, 0.1) is 4.92 Å². The average Bonchev–Trinajstić information content (AvgIpc) is 2.76. The van der Waals surface area contributed by atoms with Crippen molar-refractivity contribution in [1.82, 2.24) is 0 Å². The molecule has 0 fully saturated rings. The van der Waals surface area contributed by atoms with Crippen LogP contribution in [0.3, 0.4) is 0 Å². The van der Waals surface area contributed by atoms with Gasteiger partial charge < -0.3 is 14.6 Å². The normalized spacial score (nSPS) is 19.5. The Kier molecular flexibility index (Phi) is 6.95. The Morgan fingerprint density at radius 2 is 1.81 bits per heavy atom. The number of ether oxygens (including phenoxy) is 2. The summed E-state index contributed by atoms with van der Waals surface area (Å²) in [5.74, 6) is -2.93. The Labute approximate surface area is 181 Å². The van der Waals surface area contributed by atoms with Gasteiger partial charge in [-0.25, -0.2) is 4.79 Å². The third-order valence-electron chi connectivity index (χ3n) is 5.52. The first-order chi connectivity index (χ1) is 14.9. The van der Waals surface area contributed by atoms with Crippen molar-refractivity contribution in [1.29, 1.82) is 0 Å². The van der Waals surface area contributed by atoms with Crippen LogP contribution in [-0.2, 0) is 20.7 Å². The zero-order valence-corrected chi connectivity index (χ0v) is 17.7. The number of aliphatic hydroxyl groups excluding tert-OH is 1. The molecule has 7 heteroatoms. The summed E-state index contributed by atoms with van der Waals surface area (Å²) >= 11 is 0. The van der Waals surface area contributed by atoms with Gasteiger partial charge in [0.25, 0.3) is 17.4 Å². The van der Waals surface area contributed by atoms with E-state index in [1.807, 2.05) is 44.2 Å². The van der Waals surface area contributed by atoms with E-state index in [4.69, 9.17) is 9.47 Å². The minimum Gasteiger partial charge on any atom is -0.480 e. The van der Waals surface area contributed by atoms with Gasteiger partial charge in [-0.15, -0.1) is 0 Å². The molecule has 31 heavy (non-hydrogen) atoms. The Bertz CT molecular complexity index is 971. The van der Waals surface area contributed by atoms with Gasteiger partial charge in [-0.05, 0) is 30.4 Å². The van der Waals surface area contributed by atoms with Crippen molar-refractivity contribution in [2.75, 3.05) is 0 Å². The number of hydrogen-bond acceptors (Lipinski definition) is 6. The Balaban J connectivity index is 1.89. The molecule has 0 saturated carbocycles. The lowest BCUT2D eigenvalue weighted by Gasteiger charge is -2.38. The van der Waals surface area contributed by atoms with Crippen LogP contribution in [0.4, 0.5) is 5.69 Å². The lowest BCUT2D eigenvalue weighted by atomic mass is 9.88. The molecule has 0 saturated heterocycles. The summed E-state index contributed by atoms with van der Waals surface area (Å²) in [7, 11) is 0. The zero-order chi connectivity index (χ0) is 22.4. The van der Waals surface area contributed by atoms with E-state index in [1.54, 1.807) is 12.1 Å². The number of nitro benzene ring substituents is 1. The summed E-state index contributed by atoms with van der Waals surface area (Å²) in [6, 6.07) is 15.8. The molecule has 0 spiro atoms. The molecule has 0 radical (unpaired) electrons. The first-order valence-electron chi connectivity index (χ1n) is 10.5. The lowest BCUT2D eigenvalue weighted by Crippen LogP contribution is -2.43. The molecule has 1 aliphatic rings. The van der Waals surface area contributed by atoms with Gasteiger partial charge in [0.15, 0.2) is 0 Å². The van der Waals surface area contributed by atoms with Gasteiger partial charge >= 0.3 is 5.97 Å². The van der Waals surface area contributed by atoms with Gasteiger partial charge in [-0.1, -0.05) is 56.3 Å². The number of rotatable bonds is 9. The van der Waals surface area contributed by atoms with Crippen LogP contribution in [0.2, 0.25) is 0 Å². The van der Waals surface area contributed by atoms with E-state index in [2.05, 4.69) is 0 Å². The third kappa shape index (κ3) is 5.05. The number of esters is 1. The number of hydrogen-bond donors (Lipinski definition) is 1. The second-order valence-electron chi connectivity index (χ2n) is 7.67. The number of nitrogens with zero attached hydrogens (tertiary/aromatic N) is 1. The fourth-order valence-electron chi connectivity index (χ4n) is 4.01. The van der Waals surface area contributed by atoms with Crippen LogP contribution in [0.25, 0.3) is 0 Å². The second-order valence-corrected chi connectivity index (χ2v) is 7.67. The highest BCUT2D eigenvalue weighted by atomic mass is 16.8. The van der Waals surface area contributed by atoms with Crippen molar-refractivity contribution < 1.29 is 24.3 Å². The smallest absolute Gasteiger partial charge is 0.345 e. The number of carbonyl (C=O) groups is 1.